The van der Waals surface area contributed by atoms with E-state index in [0.717, 1.165) is 67.6 Å². The highest BCUT2D eigenvalue weighted by Gasteiger charge is 2.43. The lowest BCUT2D eigenvalue weighted by Gasteiger charge is -2.20. The van der Waals surface area contributed by atoms with Crippen LogP contribution in [-0.2, 0) is 5.41 Å². The average molecular weight is 749 g/mol. The summed E-state index contributed by atoms with van der Waals surface area (Å²) in [7, 11) is 0. The third-order valence-electron chi connectivity index (χ3n) is 11.2. The molecule has 9 aromatic rings. The van der Waals surface area contributed by atoms with Crippen molar-refractivity contribution < 1.29 is 0 Å². The van der Waals surface area contributed by atoms with E-state index in [4.69, 9.17) is 29.9 Å². The van der Waals surface area contributed by atoms with Gasteiger partial charge in [-0.25, -0.2) is 19.9 Å². The summed E-state index contributed by atoms with van der Waals surface area (Å²) in [5, 5.41) is 2.07. The molecule has 0 radical (unpaired) electrons. The smallest absolute Gasteiger partial charge is 0.238 e. The SMILES string of the molecule is CC1(C)c2ccccc2-n2c(-c3nc(-c4ccccc4)nc(-c4ccccc4)n3)c3c4ccccc4n(-c4nc(C5=CC=CCC=C5)nc(-c5ccccc5)n4)c3c21. The number of hydrogen-bond acceptors (Lipinski definition) is 6. The summed E-state index contributed by atoms with van der Waals surface area (Å²) >= 11 is 0. The zero-order valence-corrected chi connectivity index (χ0v) is 32.0. The molecular weight excluding hydrogens is 713 g/mol. The van der Waals surface area contributed by atoms with Crippen LogP contribution in [0, 0.1) is 0 Å². The molecule has 11 rings (SSSR count). The summed E-state index contributed by atoms with van der Waals surface area (Å²) in [4.78, 5) is 31.4. The van der Waals surface area contributed by atoms with Gasteiger partial charge in [0.2, 0.25) is 5.95 Å². The van der Waals surface area contributed by atoms with E-state index in [-0.39, 0.29) is 0 Å². The first-order valence-corrected chi connectivity index (χ1v) is 19.6. The maximum atomic E-state index is 5.33. The third-order valence-corrected chi connectivity index (χ3v) is 11.2. The quantitative estimate of drug-likeness (QED) is 0.168. The fraction of sp³-hybridized carbons (Fsp3) is 0.0800. The van der Waals surface area contributed by atoms with Crippen LogP contribution in [0.1, 0.15) is 37.4 Å². The first-order valence-electron chi connectivity index (χ1n) is 19.6. The zero-order chi connectivity index (χ0) is 38.8. The minimum absolute atomic E-state index is 0.424. The van der Waals surface area contributed by atoms with Crippen LogP contribution in [0.25, 0.3) is 84.7 Å². The van der Waals surface area contributed by atoms with Gasteiger partial charge in [0.25, 0.3) is 0 Å². The number of nitrogens with zero attached hydrogens (tertiary/aromatic N) is 8. The van der Waals surface area contributed by atoms with Crippen LogP contribution < -0.4 is 0 Å². The molecule has 5 heterocycles. The Labute approximate surface area is 335 Å². The summed E-state index contributed by atoms with van der Waals surface area (Å²) in [5.74, 6) is 3.54. The highest BCUT2D eigenvalue weighted by atomic mass is 15.2. The Hall–Kier alpha value is -7.58. The van der Waals surface area contributed by atoms with E-state index in [9.17, 15) is 0 Å². The highest BCUT2D eigenvalue weighted by Crippen LogP contribution is 2.53. The van der Waals surface area contributed by atoms with E-state index in [1.807, 2.05) is 91.0 Å². The van der Waals surface area contributed by atoms with Gasteiger partial charge in [-0.2, -0.15) is 9.97 Å². The standard InChI is InChI=1S/C50H36N8/c1-50(2)37-29-17-19-31-39(37)57-42(48-53-44(32-22-10-5-11-23-32)51-45(54-48)33-24-12-6-13-25-33)40-36-28-16-18-30-38(36)58(41(40)43(50)57)49-55-46(34-20-8-3-4-9-21-34)52-47(56-49)35-26-14-7-15-27-35/h3,5-31H,4H2,1-2H3. The van der Waals surface area contributed by atoms with Crippen molar-refractivity contribution in [1.82, 2.24) is 39.0 Å². The summed E-state index contributed by atoms with van der Waals surface area (Å²) in [6, 6.07) is 47.6. The van der Waals surface area contributed by atoms with Gasteiger partial charge in [0.1, 0.15) is 5.69 Å². The maximum Gasteiger partial charge on any atom is 0.238 e. The lowest BCUT2D eigenvalue weighted by Crippen LogP contribution is -2.17. The predicted molar refractivity (Wildman–Crippen MR) is 232 cm³/mol. The second-order valence-electron chi connectivity index (χ2n) is 15.1. The van der Waals surface area contributed by atoms with Crippen molar-refractivity contribution in [3.63, 3.8) is 0 Å². The van der Waals surface area contributed by atoms with E-state index in [0.29, 0.717) is 35.1 Å². The van der Waals surface area contributed by atoms with Crippen LogP contribution in [0.2, 0.25) is 0 Å². The number of hydrogen-bond donors (Lipinski definition) is 0. The first kappa shape index (κ1) is 33.7. The van der Waals surface area contributed by atoms with Crippen LogP contribution in [0.3, 0.4) is 0 Å². The van der Waals surface area contributed by atoms with Crippen LogP contribution in [-0.4, -0.2) is 39.0 Å². The van der Waals surface area contributed by atoms with E-state index in [2.05, 4.69) is 102 Å². The highest BCUT2D eigenvalue weighted by molar-refractivity contribution is 6.17. The molecule has 276 valence electrons. The molecule has 0 saturated carbocycles. The van der Waals surface area contributed by atoms with Gasteiger partial charge in [0.05, 0.1) is 22.4 Å². The molecule has 8 heteroatoms. The molecule has 0 fully saturated rings. The van der Waals surface area contributed by atoms with E-state index in [1.165, 1.54) is 5.56 Å². The zero-order valence-electron chi connectivity index (χ0n) is 32.0. The summed E-state index contributed by atoms with van der Waals surface area (Å²) in [6.45, 7) is 4.60. The molecule has 8 nitrogen and oxygen atoms in total. The monoisotopic (exact) mass is 748 g/mol. The summed E-state index contributed by atoms with van der Waals surface area (Å²) in [6.07, 6.45) is 11.4. The Balaban J connectivity index is 1.29. The molecule has 0 amide bonds. The number of benzene rings is 5. The number of fused-ring (bicyclic) bond motifs is 7. The van der Waals surface area contributed by atoms with Crippen LogP contribution >= 0.6 is 0 Å². The summed E-state index contributed by atoms with van der Waals surface area (Å²) in [5.41, 5.74) is 9.53. The Morgan fingerprint density at radius 2 is 1.07 bits per heavy atom. The van der Waals surface area contributed by atoms with Crippen molar-refractivity contribution in [2.24, 2.45) is 0 Å². The minimum atomic E-state index is -0.424. The van der Waals surface area contributed by atoms with Crippen molar-refractivity contribution in [1.29, 1.82) is 0 Å². The third kappa shape index (κ3) is 5.29. The average Bonchev–Trinajstić information content (AvgIpc) is 3.76. The molecule has 2 aliphatic rings. The first-order chi connectivity index (χ1) is 28.5. The van der Waals surface area contributed by atoms with Crippen molar-refractivity contribution in [3.05, 3.63) is 187 Å². The lowest BCUT2D eigenvalue weighted by molar-refractivity contribution is 0.646. The molecule has 58 heavy (non-hydrogen) atoms. The fourth-order valence-electron chi connectivity index (χ4n) is 8.55. The molecular formula is C50H36N8. The predicted octanol–water partition coefficient (Wildman–Crippen LogP) is 11.2. The van der Waals surface area contributed by atoms with E-state index in [1.54, 1.807) is 0 Å². The minimum Gasteiger partial charge on any atom is -0.307 e. The molecule has 4 aromatic heterocycles. The van der Waals surface area contributed by atoms with E-state index >= 15 is 0 Å². The Kier molecular flexibility index (Phi) is 7.72. The number of allylic oxidation sites excluding steroid dienone is 6. The van der Waals surface area contributed by atoms with Crippen molar-refractivity contribution in [2.75, 3.05) is 0 Å². The van der Waals surface area contributed by atoms with Gasteiger partial charge in [0.15, 0.2) is 29.1 Å². The molecule has 5 aromatic carbocycles. The second-order valence-corrected chi connectivity index (χ2v) is 15.1. The fourth-order valence-corrected chi connectivity index (χ4v) is 8.55. The molecule has 0 N–H and O–H groups in total. The van der Waals surface area contributed by atoms with Crippen LogP contribution in [0.5, 0.6) is 0 Å². The molecule has 1 aliphatic carbocycles. The van der Waals surface area contributed by atoms with Crippen molar-refractivity contribution >= 4 is 27.4 Å². The topological polar surface area (TPSA) is 87.2 Å². The van der Waals surface area contributed by atoms with Gasteiger partial charge < -0.3 is 4.57 Å². The largest absolute Gasteiger partial charge is 0.307 e. The van der Waals surface area contributed by atoms with Gasteiger partial charge >= 0.3 is 0 Å². The molecule has 0 spiro atoms. The Bertz CT molecular complexity index is 3090. The van der Waals surface area contributed by atoms with Gasteiger partial charge in [-0.15, -0.1) is 0 Å². The number of rotatable bonds is 6. The second kappa shape index (κ2) is 13.3. The van der Waals surface area contributed by atoms with Crippen LogP contribution in [0.15, 0.2) is 170 Å². The maximum absolute atomic E-state index is 5.33. The molecule has 0 saturated heterocycles. The summed E-state index contributed by atoms with van der Waals surface area (Å²) < 4.78 is 4.61. The number of aromatic nitrogens is 8. The van der Waals surface area contributed by atoms with E-state index < -0.39 is 5.41 Å². The van der Waals surface area contributed by atoms with Gasteiger partial charge in [0, 0.05) is 38.5 Å². The lowest BCUT2D eigenvalue weighted by atomic mass is 9.83. The molecule has 0 bridgehead atoms. The Morgan fingerprint density at radius 1 is 0.517 bits per heavy atom. The molecule has 0 unspecified atom stereocenters. The van der Waals surface area contributed by atoms with Crippen molar-refractivity contribution in [3.8, 4) is 57.3 Å². The van der Waals surface area contributed by atoms with Gasteiger partial charge in [-0.3, -0.25) is 4.57 Å². The van der Waals surface area contributed by atoms with Crippen LogP contribution in [0.4, 0.5) is 0 Å². The molecule has 1 aliphatic heterocycles. The van der Waals surface area contributed by atoms with Gasteiger partial charge in [-0.1, -0.05) is 172 Å². The van der Waals surface area contributed by atoms with Gasteiger partial charge in [-0.05, 0) is 24.1 Å². The number of para-hydroxylation sites is 2. The van der Waals surface area contributed by atoms with Crippen molar-refractivity contribution in [2.45, 2.75) is 25.7 Å². The normalized spacial score (nSPS) is 14.1. The molecule has 0 atom stereocenters. The Morgan fingerprint density at radius 3 is 1.76 bits per heavy atom.